The second kappa shape index (κ2) is 3.89. The van der Waals surface area contributed by atoms with E-state index in [-0.39, 0.29) is 0 Å². The fourth-order valence-corrected chi connectivity index (χ4v) is 4.16. The van der Waals surface area contributed by atoms with E-state index >= 15 is 0 Å². The summed E-state index contributed by atoms with van der Waals surface area (Å²) in [6, 6.07) is 14.6. The lowest BCUT2D eigenvalue weighted by molar-refractivity contribution is 0.320. The molecule has 1 saturated heterocycles. The number of anilines is 1. The monoisotopic (exact) mass is 252 g/mol. The van der Waals surface area contributed by atoms with E-state index in [4.69, 9.17) is 0 Å². The molecule has 0 radical (unpaired) electrons. The van der Waals surface area contributed by atoms with Gasteiger partial charge in [0.2, 0.25) is 0 Å². The average molecular weight is 252 g/mol. The number of hydrogen-bond donors (Lipinski definition) is 0. The smallest absolute Gasteiger partial charge is 0.108 e. The van der Waals surface area contributed by atoms with Crippen molar-refractivity contribution in [2.45, 2.75) is 37.8 Å². The van der Waals surface area contributed by atoms with E-state index in [1.165, 1.54) is 18.7 Å². The Balaban J connectivity index is 1.87. The van der Waals surface area contributed by atoms with Crippen LogP contribution in [0.2, 0.25) is 0 Å². The van der Waals surface area contributed by atoms with Gasteiger partial charge in [-0.1, -0.05) is 24.3 Å². The normalized spacial score (nSPS) is 28.5. The Morgan fingerprint density at radius 2 is 1.79 bits per heavy atom. The lowest BCUT2D eigenvalue weighted by Crippen LogP contribution is -2.49. The minimum absolute atomic E-state index is 0.560. The molecule has 0 N–H and O–H groups in total. The molecule has 0 saturated carbocycles. The summed E-state index contributed by atoms with van der Waals surface area (Å²) >= 11 is 0. The number of hydrogen-bond acceptors (Lipinski definition) is 1. The number of aryl methyl sites for hydroxylation is 1. The van der Waals surface area contributed by atoms with Crippen LogP contribution in [0.4, 0.5) is 5.82 Å². The van der Waals surface area contributed by atoms with Crippen molar-refractivity contribution in [3.8, 4) is 0 Å². The summed E-state index contributed by atoms with van der Waals surface area (Å²) in [5, 5.41) is 0. The van der Waals surface area contributed by atoms with Crippen molar-refractivity contribution in [3.05, 3.63) is 53.7 Å². The van der Waals surface area contributed by atoms with Gasteiger partial charge in [0.25, 0.3) is 0 Å². The summed E-state index contributed by atoms with van der Waals surface area (Å²) in [6.07, 6.45) is 4.78. The molecule has 2 aromatic rings. The molecule has 3 heterocycles. The van der Waals surface area contributed by atoms with E-state index in [0.29, 0.717) is 18.0 Å². The molecule has 0 spiro atoms. The molecule has 0 amide bonds. The highest BCUT2D eigenvalue weighted by molar-refractivity contribution is 5.53. The van der Waals surface area contributed by atoms with Crippen molar-refractivity contribution in [3.63, 3.8) is 0 Å². The minimum Gasteiger partial charge on any atom is -0.348 e. The quantitative estimate of drug-likeness (QED) is 0.748. The first-order valence-electron chi connectivity index (χ1n) is 7.26. The number of nitrogens with zero attached hydrogens (tertiary/aromatic N) is 2. The predicted octanol–water partition coefficient (Wildman–Crippen LogP) is 3.85. The fraction of sp³-hybridized carbons (Fsp3) is 0.412. The molecular weight excluding hydrogens is 232 g/mol. The fourth-order valence-electron chi connectivity index (χ4n) is 4.16. The molecule has 1 aromatic carbocycles. The first kappa shape index (κ1) is 11.2. The topological polar surface area (TPSA) is 8.17 Å². The van der Waals surface area contributed by atoms with Crippen molar-refractivity contribution >= 4 is 5.82 Å². The molecule has 98 valence electrons. The highest BCUT2D eigenvalue weighted by atomic mass is 15.3. The van der Waals surface area contributed by atoms with Gasteiger partial charge in [-0.25, -0.2) is 0 Å². The molecule has 2 bridgehead atoms. The number of piperidine rings is 1. The van der Waals surface area contributed by atoms with Crippen molar-refractivity contribution in [1.82, 2.24) is 4.57 Å². The molecule has 3 aliphatic rings. The third-order valence-electron chi connectivity index (χ3n) is 5.04. The summed E-state index contributed by atoms with van der Waals surface area (Å²) in [4.78, 5) is 2.64. The van der Waals surface area contributed by atoms with Crippen LogP contribution in [0.25, 0.3) is 0 Å². The first-order chi connectivity index (χ1) is 9.27. The zero-order valence-electron chi connectivity index (χ0n) is 11.6. The number of fused-ring (bicyclic) bond motifs is 2. The van der Waals surface area contributed by atoms with Gasteiger partial charge in [-0.3, -0.25) is 0 Å². The van der Waals surface area contributed by atoms with E-state index in [2.05, 4.69) is 66.0 Å². The van der Waals surface area contributed by atoms with Gasteiger partial charge in [-0.2, -0.15) is 0 Å². The highest BCUT2D eigenvalue weighted by Crippen LogP contribution is 2.51. The molecule has 5 rings (SSSR count). The van der Waals surface area contributed by atoms with E-state index in [0.717, 1.165) is 0 Å². The Bertz CT molecular complexity index is 613. The van der Waals surface area contributed by atoms with Crippen LogP contribution >= 0.6 is 0 Å². The summed E-state index contributed by atoms with van der Waals surface area (Å²) < 4.78 is 2.25. The molecule has 3 atom stereocenters. The molecule has 1 aromatic heterocycles. The number of aromatic nitrogens is 1. The van der Waals surface area contributed by atoms with Crippen LogP contribution in [0.5, 0.6) is 0 Å². The van der Waals surface area contributed by atoms with Gasteiger partial charge in [0.15, 0.2) is 0 Å². The molecule has 2 nitrogen and oxygen atoms in total. The highest BCUT2D eigenvalue weighted by Gasteiger charge is 2.43. The zero-order chi connectivity index (χ0) is 13.0. The van der Waals surface area contributed by atoms with Gasteiger partial charge in [-0.15, -0.1) is 0 Å². The van der Waals surface area contributed by atoms with Crippen molar-refractivity contribution in [1.29, 1.82) is 0 Å². The summed E-state index contributed by atoms with van der Waals surface area (Å²) in [5.41, 5.74) is 3.15. The van der Waals surface area contributed by atoms with E-state index in [9.17, 15) is 0 Å². The third kappa shape index (κ3) is 1.43. The molecule has 2 aliphatic heterocycles. The van der Waals surface area contributed by atoms with Crippen LogP contribution < -0.4 is 4.90 Å². The molecular formula is C17H20N2. The lowest BCUT2D eigenvalue weighted by Gasteiger charge is -2.52. The van der Waals surface area contributed by atoms with Gasteiger partial charge < -0.3 is 9.47 Å². The Morgan fingerprint density at radius 1 is 1.00 bits per heavy atom. The van der Waals surface area contributed by atoms with Crippen molar-refractivity contribution in [2.75, 3.05) is 4.90 Å². The standard InChI is InChI=1S/C17H20N2/c1-12-13-9-10-16(15-7-4-3-6-14(13)15)19(12)17-8-5-11-18(17)2/h3-8,11-13,16H,9-10H2,1-2H3/t12-,13?,16?/m0/s1. The SMILES string of the molecule is C[C@H]1C2CCC(c3ccccc32)N1c1cccn1C. The van der Waals surface area contributed by atoms with Gasteiger partial charge in [0, 0.05) is 25.2 Å². The lowest BCUT2D eigenvalue weighted by atomic mass is 9.71. The van der Waals surface area contributed by atoms with Crippen LogP contribution in [0, 0.1) is 0 Å². The van der Waals surface area contributed by atoms with Gasteiger partial charge in [-0.05, 0) is 43.0 Å². The first-order valence-corrected chi connectivity index (χ1v) is 7.26. The van der Waals surface area contributed by atoms with Crippen LogP contribution in [0.1, 0.15) is 42.9 Å². The van der Waals surface area contributed by atoms with Gasteiger partial charge >= 0.3 is 0 Å². The summed E-state index contributed by atoms with van der Waals surface area (Å²) in [7, 11) is 2.15. The summed E-state index contributed by atoms with van der Waals surface area (Å²) in [5.74, 6) is 2.05. The van der Waals surface area contributed by atoms with Crippen LogP contribution in [-0.2, 0) is 7.05 Å². The Morgan fingerprint density at radius 3 is 2.53 bits per heavy atom. The number of rotatable bonds is 1. The van der Waals surface area contributed by atoms with E-state index in [1.54, 1.807) is 11.1 Å². The molecule has 2 unspecified atom stereocenters. The van der Waals surface area contributed by atoms with E-state index in [1.807, 2.05) is 0 Å². The van der Waals surface area contributed by atoms with Crippen LogP contribution in [0.15, 0.2) is 42.6 Å². The maximum atomic E-state index is 2.64. The molecule has 19 heavy (non-hydrogen) atoms. The Hall–Kier alpha value is -1.70. The van der Waals surface area contributed by atoms with Crippen LogP contribution in [0.3, 0.4) is 0 Å². The second-order valence-electron chi connectivity index (χ2n) is 5.95. The Labute approximate surface area is 114 Å². The molecule has 1 fully saturated rings. The number of benzene rings is 1. The zero-order valence-corrected chi connectivity index (χ0v) is 11.6. The molecule has 2 heteroatoms. The van der Waals surface area contributed by atoms with Gasteiger partial charge in [0.1, 0.15) is 5.82 Å². The van der Waals surface area contributed by atoms with Crippen LogP contribution in [-0.4, -0.2) is 10.6 Å². The minimum atomic E-state index is 0.560. The van der Waals surface area contributed by atoms with Crippen molar-refractivity contribution in [2.24, 2.45) is 7.05 Å². The third-order valence-corrected chi connectivity index (χ3v) is 5.04. The second-order valence-corrected chi connectivity index (χ2v) is 5.95. The summed E-state index contributed by atoms with van der Waals surface area (Å²) in [6.45, 7) is 2.39. The van der Waals surface area contributed by atoms with Gasteiger partial charge in [0.05, 0.1) is 6.04 Å². The maximum Gasteiger partial charge on any atom is 0.108 e. The maximum absolute atomic E-state index is 2.64. The van der Waals surface area contributed by atoms with E-state index < -0.39 is 0 Å². The van der Waals surface area contributed by atoms with Crippen molar-refractivity contribution < 1.29 is 0 Å². The molecule has 1 aliphatic carbocycles. The Kier molecular flexibility index (Phi) is 2.29. The average Bonchev–Trinajstić information content (AvgIpc) is 2.86. The predicted molar refractivity (Wildman–Crippen MR) is 78.5 cm³/mol. The largest absolute Gasteiger partial charge is 0.348 e.